The number of rotatable bonds is 2. The molecule has 18 heavy (non-hydrogen) atoms. The number of piperazine rings is 1. The monoisotopic (exact) mass is 249 g/mol. The van der Waals surface area contributed by atoms with Gasteiger partial charge < -0.3 is 9.84 Å². The molecule has 0 amide bonds. The van der Waals surface area contributed by atoms with Gasteiger partial charge in [-0.1, -0.05) is 24.4 Å². The molecule has 0 atom stereocenters. The van der Waals surface area contributed by atoms with E-state index < -0.39 is 0 Å². The molecule has 2 aliphatic rings. The van der Waals surface area contributed by atoms with Crippen molar-refractivity contribution >= 4 is 0 Å². The van der Waals surface area contributed by atoms with Crippen LogP contribution in [0.4, 0.5) is 0 Å². The second kappa shape index (κ2) is 5.02. The van der Waals surface area contributed by atoms with Gasteiger partial charge in [-0.3, -0.25) is 4.90 Å². The Morgan fingerprint density at radius 2 is 2.22 bits per heavy atom. The molecule has 2 heterocycles. The van der Waals surface area contributed by atoms with Gasteiger partial charge in [0.25, 0.3) is 0 Å². The number of nitrogens with zero attached hydrogens (tertiary/aromatic N) is 2. The molecule has 0 bridgehead atoms. The van der Waals surface area contributed by atoms with Crippen LogP contribution in [0.1, 0.15) is 43.6 Å². The summed E-state index contributed by atoms with van der Waals surface area (Å²) < 4.78 is 5.33. The Kier molecular flexibility index (Phi) is 3.39. The van der Waals surface area contributed by atoms with E-state index in [2.05, 4.69) is 21.4 Å². The summed E-state index contributed by atoms with van der Waals surface area (Å²) in [5, 5.41) is 7.74. The summed E-state index contributed by atoms with van der Waals surface area (Å²) in [5.41, 5.74) is 1.36. The van der Waals surface area contributed by atoms with E-state index in [1.165, 1.54) is 32.1 Å². The van der Waals surface area contributed by atoms with Crippen LogP contribution in [-0.4, -0.2) is 35.2 Å². The fourth-order valence-corrected chi connectivity index (χ4v) is 3.45. The van der Waals surface area contributed by atoms with Gasteiger partial charge in [-0.25, -0.2) is 0 Å². The molecule has 4 heteroatoms. The fraction of sp³-hybridized carbons (Fsp3) is 0.786. The first-order valence-electron chi connectivity index (χ1n) is 7.15. The zero-order valence-corrected chi connectivity index (χ0v) is 11.2. The Balaban J connectivity index is 1.63. The van der Waals surface area contributed by atoms with Crippen LogP contribution in [0.2, 0.25) is 0 Å². The SMILES string of the molecule is Cc1cc(CN2CCNC3(CCCCC3)C2)on1. The number of aryl methyl sites for hydroxylation is 1. The Bertz CT molecular complexity index is 390. The van der Waals surface area contributed by atoms with Crippen LogP contribution in [0.3, 0.4) is 0 Å². The third-order valence-electron chi connectivity index (χ3n) is 4.32. The van der Waals surface area contributed by atoms with Crippen LogP contribution < -0.4 is 5.32 Å². The second-order valence-corrected chi connectivity index (χ2v) is 5.91. The van der Waals surface area contributed by atoms with Gasteiger partial charge in [0, 0.05) is 31.2 Å². The highest BCUT2D eigenvalue weighted by atomic mass is 16.5. The molecular formula is C14H23N3O. The average Bonchev–Trinajstić information content (AvgIpc) is 2.76. The molecule has 1 aliphatic heterocycles. The van der Waals surface area contributed by atoms with E-state index >= 15 is 0 Å². The smallest absolute Gasteiger partial charge is 0.150 e. The Morgan fingerprint density at radius 1 is 1.39 bits per heavy atom. The first-order valence-corrected chi connectivity index (χ1v) is 7.15. The summed E-state index contributed by atoms with van der Waals surface area (Å²) in [4.78, 5) is 2.52. The lowest BCUT2D eigenvalue weighted by Gasteiger charge is -2.46. The molecule has 0 unspecified atom stereocenters. The lowest BCUT2D eigenvalue weighted by Crippen LogP contribution is -2.60. The summed E-state index contributed by atoms with van der Waals surface area (Å²) in [5.74, 6) is 1.00. The van der Waals surface area contributed by atoms with Gasteiger partial charge in [-0.05, 0) is 19.8 Å². The molecule has 3 rings (SSSR count). The minimum atomic E-state index is 0.381. The van der Waals surface area contributed by atoms with Crippen molar-refractivity contribution in [1.29, 1.82) is 0 Å². The van der Waals surface area contributed by atoms with Gasteiger partial charge >= 0.3 is 0 Å². The highest BCUT2D eigenvalue weighted by Gasteiger charge is 2.36. The van der Waals surface area contributed by atoms with Crippen LogP contribution in [0.5, 0.6) is 0 Å². The third kappa shape index (κ3) is 2.59. The predicted molar refractivity (Wildman–Crippen MR) is 70.3 cm³/mol. The lowest BCUT2D eigenvalue weighted by molar-refractivity contribution is 0.0878. The molecule has 1 spiro atoms. The van der Waals surface area contributed by atoms with Crippen molar-refractivity contribution in [2.45, 2.75) is 51.1 Å². The minimum absolute atomic E-state index is 0.381. The van der Waals surface area contributed by atoms with E-state index in [0.29, 0.717) is 5.54 Å². The highest BCUT2D eigenvalue weighted by molar-refractivity contribution is 5.04. The van der Waals surface area contributed by atoms with Gasteiger partial charge in [0.15, 0.2) is 5.76 Å². The molecule has 1 aromatic rings. The van der Waals surface area contributed by atoms with E-state index in [1.807, 2.05) is 6.92 Å². The van der Waals surface area contributed by atoms with Crippen LogP contribution >= 0.6 is 0 Å². The van der Waals surface area contributed by atoms with Crippen LogP contribution in [0.15, 0.2) is 10.6 Å². The molecule has 100 valence electrons. The normalized spacial score (nSPS) is 24.5. The molecule has 0 radical (unpaired) electrons. The first kappa shape index (κ1) is 12.2. The second-order valence-electron chi connectivity index (χ2n) is 5.91. The van der Waals surface area contributed by atoms with E-state index in [9.17, 15) is 0 Å². The minimum Gasteiger partial charge on any atom is -0.360 e. The van der Waals surface area contributed by atoms with Crippen LogP contribution in [-0.2, 0) is 6.54 Å². The lowest BCUT2D eigenvalue weighted by atomic mass is 9.80. The maximum atomic E-state index is 5.33. The number of hydrogen-bond donors (Lipinski definition) is 1. The quantitative estimate of drug-likeness (QED) is 0.871. The molecule has 1 saturated carbocycles. The van der Waals surface area contributed by atoms with Crippen molar-refractivity contribution in [3.8, 4) is 0 Å². The molecule has 1 saturated heterocycles. The van der Waals surface area contributed by atoms with Crippen molar-refractivity contribution in [1.82, 2.24) is 15.4 Å². The van der Waals surface area contributed by atoms with Gasteiger partial charge in [0.1, 0.15) is 0 Å². The predicted octanol–water partition coefficient (Wildman–Crippen LogP) is 2.09. The molecular weight excluding hydrogens is 226 g/mol. The molecule has 1 aliphatic carbocycles. The third-order valence-corrected chi connectivity index (χ3v) is 4.32. The molecule has 1 N–H and O–H groups in total. The van der Waals surface area contributed by atoms with Gasteiger partial charge in [0.2, 0.25) is 0 Å². The summed E-state index contributed by atoms with van der Waals surface area (Å²) in [6.07, 6.45) is 6.83. The van der Waals surface area contributed by atoms with Crippen molar-refractivity contribution in [2.75, 3.05) is 19.6 Å². The zero-order chi connectivity index (χ0) is 12.4. The van der Waals surface area contributed by atoms with E-state index in [1.54, 1.807) is 0 Å². The van der Waals surface area contributed by atoms with Crippen molar-refractivity contribution in [3.63, 3.8) is 0 Å². The summed E-state index contributed by atoms with van der Waals surface area (Å²) in [6, 6.07) is 2.05. The Labute approximate surface area is 109 Å². The largest absolute Gasteiger partial charge is 0.360 e. The van der Waals surface area contributed by atoms with E-state index in [-0.39, 0.29) is 0 Å². The van der Waals surface area contributed by atoms with Crippen molar-refractivity contribution in [3.05, 3.63) is 17.5 Å². The van der Waals surface area contributed by atoms with E-state index in [0.717, 1.165) is 37.6 Å². The zero-order valence-electron chi connectivity index (χ0n) is 11.2. The first-order chi connectivity index (χ1) is 8.76. The summed E-state index contributed by atoms with van der Waals surface area (Å²) in [7, 11) is 0. The van der Waals surface area contributed by atoms with Crippen molar-refractivity contribution in [2.24, 2.45) is 0 Å². The molecule has 1 aromatic heterocycles. The summed E-state index contributed by atoms with van der Waals surface area (Å²) >= 11 is 0. The highest BCUT2D eigenvalue weighted by Crippen LogP contribution is 2.30. The summed E-state index contributed by atoms with van der Waals surface area (Å²) in [6.45, 7) is 6.26. The van der Waals surface area contributed by atoms with Crippen LogP contribution in [0.25, 0.3) is 0 Å². The Morgan fingerprint density at radius 3 is 2.94 bits per heavy atom. The maximum Gasteiger partial charge on any atom is 0.150 e. The number of nitrogens with one attached hydrogen (secondary N) is 1. The standard InChI is InChI=1S/C14H23N3O/c1-12-9-13(18-16-12)10-17-8-7-15-14(11-17)5-3-2-4-6-14/h9,15H,2-8,10-11H2,1H3. The van der Waals surface area contributed by atoms with Crippen molar-refractivity contribution < 1.29 is 4.52 Å². The molecule has 4 nitrogen and oxygen atoms in total. The number of hydrogen-bond acceptors (Lipinski definition) is 4. The topological polar surface area (TPSA) is 41.3 Å². The molecule has 0 aromatic carbocycles. The maximum absolute atomic E-state index is 5.33. The molecule has 2 fully saturated rings. The average molecular weight is 249 g/mol. The number of aromatic nitrogens is 1. The Hall–Kier alpha value is -0.870. The van der Waals surface area contributed by atoms with Gasteiger partial charge in [0.05, 0.1) is 12.2 Å². The fourth-order valence-electron chi connectivity index (χ4n) is 3.45. The van der Waals surface area contributed by atoms with Gasteiger partial charge in [-0.2, -0.15) is 0 Å². The van der Waals surface area contributed by atoms with Gasteiger partial charge in [-0.15, -0.1) is 0 Å². The van der Waals surface area contributed by atoms with Crippen LogP contribution in [0, 0.1) is 6.92 Å². The van der Waals surface area contributed by atoms with E-state index in [4.69, 9.17) is 4.52 Å².